The Morgan fingerprint density at radius 2 is 1.70 bits per heavy atom. The molecule has 1 atom stereocenters. The average Bonchev–Trinajstić information content (AvgIpc) is 2.49. The van der Waals surface area contributed by atoms with Gasteiger partial charge in [-0.15, -0.1) is 0 Å². The first-order chi connectivity index (χ1) is 9.72. The third-order valence-electron chi connectivity index (χ3n) is 3.62. The highest BCUT2D eigenvalue weighted by Crippen LogP contribution is 2.21. The molecular weight excluding hydrogens is 251 g/mol. The van der Waals surface area contributed by atoms with E-state index in [2.05, 4.69) is 17.0 Å². The van der Waals surface area contributed by atoms with Crippen molar-refractivity contribution in [2.75, 3.05) is 20.1 Å². The maximum atomic E-state index is 13.9. The van der Waals surface area contributed by atoms with Gasteiger partial charge >= 0.3 is 0 Å². The largest absolute Gasteiger partial charge is 0.329 e. The highest BCUT2D eigenvalue weighted by atomic mass is 19.1. The molecule has 2 aromatic rings. The molecule has 0 aliphatic heterocycles. The van der Waals surface area contributed by atoms with Gasteiger partial charge < -0.3 is 5.73 Å². The molecule has 106 valence electrons. The number of nitrogens with two attached hydrogens (primary N) is 1. The topological polar surface area (TPSA) is 29.3 Å². The highest BCUT2D eigenvalue weighted by Gasteiger charge is 2.18. The smallest absolute Gasteiger partial charge is 0.128 e. The molecule has 0 spiro atoms. The van der Waals surface area contributed by atoms with Crippen molar-refractivity contribution in [3.05, 3.63) is 71.5 Å². The number of nitrogens with zero attached hydrogens (tertiary/aromatic N) is 1. The van der Waals surface area contributed by atoms with Crippen molar-refractivity contribution in [3.63, 3.8) is 0 Å². The van der Waals surface area contributed by atoms with Crippen LogP contribution in [0.3, 0.4) is 0 Å². The van der Waals surface area contributed by atoms with Crippen LogP contribution in [0.1, 0.15) is 17.2 Å². The molecule has 0 saturated heterocycles. The van der Waals surface area contributed by atoms with E-state index in [-0.39, 0.29) is 11.9 Å². The van der Waals surface area contributed by atoms with Gasteiger partial charge in [0.25, 0.3) is 0 Å². The lowest BCUT2D eigenvalue weighted by Gasteiger charge is -2.27. The standard InChI is InChI=1S/C17H21FN2/c1-20(12-11-14-7-3-2-4-8-14)17(13-19)15-9-5-6-10-16(15)18/h2-10,17H,11-13,19H2,1H3. The molecule has 2 N–H and O–H groups in total. The van der Waals surface area contributed by atoms with E-state index >= 15 is 0 Å². The van der Waals surface area contributed by atoms with Crippen LogP contribution in [0, 0.1) is 5.82 Å². The van der Waals surface area contributed by atoms with Crippen molar-refractivity contribution in [1.29, 1.82) is 0 Å². The van der Waals surface area contributed by atoms with E-state index in [1.54, 1.807) is 6.07 Å². The first-order valence-electron chi connectivity index (χ1n) is 6.91. The first kappa shape index (κ1) is 14.7. The zero-order valence-electron chi connectivity index (χ0n) is 11.8. The number of benzene rings is 2. The lowest BCUT2D eigenvalue weighted by atomic mass is 10.0. The van der Waals surface area contributed by atoms with Crippen molar-refractivity contribution in [1.82, 2.24) is 4.90 Å². The van der Waals surface area contributed by atoms with Crippen LogP contribution in [-0.2, 0) is 6.42 Å². The Morgan fingerprint density at radius 3 is 2.35 bits per heavy atom. The van der Waals surface area contributed by atoms with E-state index < -0.39 is 0 Å². The van der Waals surface area contributed by atoms with Crippen molar-refractivity contribution >= 4 is 0 Å². The first-order valence-corrected chi connectivity index (χ1v) is 6.91. The quantitative estimate of drug-likeness (QED) is 0.876. The Morgan fingerprint density at radius 1 is 1.05 bits per heavy atom. The van der Waals surface area contributed by atoms with Gasteiger partial charge in [-0.3, -0.25) is 4.90 Å². The van der Waals surface area contributed by atoms with E-state index in [4.69, 9.17) is 5.73 Å². The summed E-state index contributed by atoms with van der Waals surface area (Å²) in [6.45, 7) is 1.26. The molecule has 0 aliphatic carbocycles. The fourth-order valence-electron chi connectivity index (χ4n) is 2.40. The van der Waals surface area contributed by atoms with Gasteiger partial charge in [0, 0.05) is 24.7 Å². The van der Waals surface area contributed by atoms with E-state index in [0.717, 1.165) is 13.0 Å². The molecule has 0 fully saturated rings. The zero-order valence-corrected chi connectivity index (χ0v) is 11.8. The van der Waals surface area contributed by atoms with Gasteiger partial charge in [0.05, 0.1) is 0 Å². The van der Waals surface area contributed by atoms with Crippen LogP contribution in [-0.4, -0.2) is 25.0 Å². The molecule has 0 radical (unpaired) electrons. The molecular formula is C17H21FN2. The van der Waals surface area contributed by atoms with Crippen LogP contribution >= 0.6 is 0 Å². The zero-order chi connectivity index (χ0) is 14.4. The molecule has 0 amide bonds. The number of hydrogen-bond donors (Lipinski definition) is 1. The van der Waals surface area contributed by atoms with Crippen LogP contribution in [0.5, 0.6) is 0 Å². The van der Waals surface area contributed by atoms with E-state index in [1.165, 1.54) is 11.6 Å². The monoisotopic (exact) mass is 272 g/mol. The molecule has 0 aromatic heterocycles. The Balaban J connectivity index is 2.03. The second-order valence-electron chi connectivity index (χ2n) is 4.99. The number of halogens is 1. The number of rotatable bonds is 6. The van der Waals surface area contributed by atoms with Crippen LogP contribution in [0.15, 0.2) is 54.6 Å². The summed E-state index contributed by atoms with van der Waals surface area (Å²) in [5.41, 5.74) is 7.79. The van der Waals surface area contributed by atoms with Crippen LogP contribution in [0.25, 0.3) is 0 Å². The second-order valence-corrected chi connectivity index (χ2v) is 4.99. The maximum absolute atomic E-state index is 13.9. The highest BCUT2D eigenvalue weighted by molar-refractivity contribution is 5.22. The summed E-state index contributed by atoms with van der Waals surface area (Å²) >= 11 is 0. The van der Waals surface area contributed by atoms with Gasteiger partial charge in [0.15, 0.2) is 0 Å². The third-order valence-corrected chi connectivity index (χ3v) is 3.62. The lowest BCUT2D eigenvalue weighted by Crippen LogP contribution is -2.32. The fraction of sp³-hybridized carbons (Fsp3) is 0.294. The molecule has 0 aliphatic rings. The summed E-state index contributed by atoms with van der Waals surface area (Å²) in [5, 5.41) is 0. The predicted octanol–water partition coefficient (Wildman–Crippen LogP) is 3.00. The minimum atomic E-state index is -0.186. The van der Waals surface area contributed by atoms with Gasteiger partial charge in [0.1, 0.15) is 5.82 Å². The molecule has 2 rings (SSSR count). The summed E-state index contributed by atoms with van der Waals surface area (Å²) in [6.07, 6.45) is 0.933. The molecule has 0 saturated carbocycles. The minimum absolute atomic E-state index is 0.0834. The molecule has 1 unspecified atom stereocenters. The van der Waals surface area contributed by atoms with Crippen LogP contribution in [0.2, 0.25) is 0 Å². The summed E-state index contributed by atoms with van der Waals surface area (Å²) in [5.74, 6) is -0.186. The van der Waals surface area contributed by atoms with Crippen molar-refractivity contribution in [3.8, 4) is 0 Å². The van der Waals surface area contributed by atoms with Crippen molar-refractivity contribution in [2.24, 2.45) is 5.73 Å². The van der Waals surface area contributed by atoms with Gasteiger partial charge in [-0.1, -0.05) is 48.5 Å². The molecule has 2 aromatic carbocycles. The van der Waals surface area contributed by atoms with E-state index in [9.17, 15) is 4.39 Å². The second kappa shape index (κ2) is 7.17. The average molecular weight is 272 g/mol. The van der Waals surface area contributed by atoms with Crippen molar-refractivity contribution < 1.29 is 4.39 Å². The third kappa shape index (κ3) is 3.65. The van der Waals surface area contributed by atoms with Gasteiger partial charge in [-0.25, -0.2) is 4.39 Å². The van der Waals surface area contributed by atoms with Gasteiger partial charge in [-0.05, 0) is 25.1 Å². The molecule has 3 heteroatoms. The number of hydrogen-bond acceptors (Lipinski definition) is 2. The van der Waals surface area contributed by atoms with Gasteiger partial charge in [0.2, 0.25) is 0 Å². The summed E-state index contributed by atoms with van der Waals surface area (Å²) in [4.78, 5) is 2.12. The van der Waals surface area contributed by atoms with E-state index in [0.29, 0.717) is 12.1 Å². The number of likely N-dealkylation sites (N-methyl/N-ethyl adjacent to an activating group) is 1. The Labute approximate surface area is 120 Å². The summed E-state index contributed by atoms with van der Waals surface area (Å²) < 4.78 is 13.9. The minimum Gasteiger partial charge on any atom is -0.329 e. The molecule has 20 heavy (non-hydrogen) atoms. The molecule has 0 bridgehead atoms. The van der Waals surface area contributed by atoms with E-state index in [1.807, 2.05) is 37.4 Å². The Kier molecular flexibility index (Phi) is 5.27. The molecule has 2 nitrogen and oxygen atoms in total. The van der Waals surface area contributed by atoms with Crippen LogP contribution < -0.4 is 5.73 Å². The van der Waals surface area contributed by atoms with Crippen LogP contribution in [0.4, 0.5) is 4.39 Å². The normalized spacial score (nSPS) is 12.6. The Hall–Kier alpha value is -1.71. The fourth-order valence-corrected chi connectivity index (χ4v) is 2.40. The summed E-state index contributed by atoms with van der Waals surface area (Å²) in [6, 6.07) is 17.1. The lowest BCUT2D eigenvalue weighted by molar-refractivity contribution is 0.248. The SMILES string of the molecule is CN(CCc1ccccc1)C(CN)c1ccccc1F. The molecule has 0 heterocycles. The maximum Gasteiger partial charge on any atom is 0.128 e. The Bertz CT molecular complexity index is 528. The summed E-state index contributed by atoms with van der Waals surface area (Å²) in [7, 11) is 1.99. The van der Waals surface area contributed by atoms with Crippen molar-refractivity contribution in [2.45, 2.75) is 12.5 Å². The predicted molar refractivity (Wildman–Crippen MR) is 81.0 cm³/mol. The van der Waals surface area contributed by atoms with Gasteiger partial charge in [-0.2, -0.15) is 0 Å².